The number of thiophene rings is 1. The molecular formula is C10H16BrNO3S2. The van der Waals surface area contributed by atoms with E-state index >= 15 is 0 Å². The van der Waals surface area contributed by atoms with Gasteiger partial charge >= 0.3 is 0 Å². The molecule has 1 rings (SSSR count). The molecule has 0 fully saturated rings. The van der Waals surface area contributed by atoms with Gasteiger partial charge in [0.05, 0.1) is 6.61 Å². The highest BCUT2D eigenvalue weighted by Gasteiger charge is 2.14. The molecule has 1 aromatic heterocycles. The topological polar surface area (TPSA) is 55.4 Å². The normalized spacial score (nSPS) is 11.9. The molecule has 1 N–H and O–H groups in total. The fourth-order valence-electron chi connectivity index (χ4n) is 1.17. The van der Waals surface area contributed by atoms with Gasteiger partial charge in [0.15, 0.2) is 0 Å². The first-order chi connectivity index (χ1) is 8.06. The fraction of sp³-hybridized carbons (Fsp3) is 0.600. The van der Waals surface area contributed by atoms with E-state index in [1.807, 2.05) is 6.92 Å². The van der Waals surface area contributed by atoms with E-state index in [4.69, 9.17) is 4.74 Å². The molecule has 0 aliphatic heterocycles. The number of hydrogen-bond acceptors (Lipinski definition) is 4. The van der Waals surface area contributed by atoms with Crippen molar-refractivity contribution < 1.29 is 13.2 Å². The minimum Gasteiger partial charge on any atom is -0.381 e. The van der Waals surface area contributed by atoms with Crippen LogP contribution in [0.3, 0.4) is 0 Å². The van der Waals surface area contributed by atoms with Crippen LogP contribution in [0.5, 0.6) is 0 Å². The summed E-state index contributed by atoms with van der Waals surface area (Å²) in [6, 6.07) is 3.43. The van der Waals surface area contributed by atoms with Gasteiger partial charge in [0.1, 0.15) is 4.21 Å². The highest BCUT2D eigenvalue weighted by atomic mass is 79.9. The lowest BCUT2D eigenvalue weighted by Gasteiger charge is -2.04. The third kappa shape index (κ3) is 5.48. The Balaban J connectivity index is 2.31. The van der Waals surface area contributed by atoms with Crippen molar-refractivity contribution in [2.45, 2.75) is 17.6 Å². The fourth-order valence-corrected chi connectivity index (χ4v) is 3.80. The van der Waals surface area contributed by atoms with Crippen molar-refractivity contribution >= 4 is 37.3 Å². The van der Waals surface area contributed by atoms with Crippen molar-refractivity contribution in [3.05, 3.63) is 17.0 Å². The van der Waals surface area contributed by atoms with Gasteiger partial charge in [-0.2, -0.15) is 0 Å². The molecule has 0 radical (unpaired) electrons. The number of alkyl halides is 1. The van der Waals surface area contributed by atoms with Crippen molar-refractivity contribution in [1.29, 1.82) is 0 Å². The first-order valence-corrected chi connectivity index (χ1v) is 8.68. The molecule has 98 valence electrons. The molecule has 0 atom stereocenters. The quantitative estimate of drug-likeness (QED) is 0.582. The van der Waals surface area contributed by atoms with Crippen LogP contribution >= 0.6 is 27.3 Å². The van der Waals surface area contributed by atoms with E-state index in [1.54, 1.807) is 12.1 Å². The van der Waals surface area contributed by atoms with Crippen LogP contribution in [0.15, 0.2) is 16.3 Å². The molecule has 0 saturated carbocycles. The Morgan fingerprint density at radius 3 is 2.76 bits per heavy atom. The molecule has 17 heavy (non-hydrogen) atoms. The maximum Gasteiger partial charge on any atom is 0.250 e. The summed E-state index contributed by atoms with van der Waals surface area (Å²) in [5, 5.41) is 0.799. The van der Waals surface area contributed by atoms with Gasteiger partial charge < -0.3 is 4.74 Å². The molecule has 0 bridgehead atoms. The molecule has 1 heterocycles. The van der Waals surface area contributed by atoms with Crippen molar-refractivity contribution in [1.82, 2.24) is 4.72 Å². The summed E-state index contributed by atoms with van der Waals surface area (Å²) in [5.41, 5.74) is 0. The second-order valence-electron chi connectivity index (χ2n) is 3.42. The van der Waals surface area contributed by atoms with Crippen LogP contribution in [-0.2, 0) is 14.8 Å². The Kier molecular flexibility index (Phi) is 6.65. The lowest BCUT2D eigenvalue weighted by atomic mass is 10.5. The first kappa shape index (κ1) is 15.1. The van der Waals surface area contributed by atoms with Crippen LogP contribution in [-0.4, -0.2) is 33.5 Å². The Hall–Kier alpha value is 0.0500. The SMILES string of the molecule is Cc1ccc(S(=O)(=O)NCCCOCCBr)s1. The van der Waals surface area contributed by atoms with E-state index < -0.39 is 10.0 Å². The Morgan fingerprint density at radius 1 is 1.41 bits per heavy atom. The molecule has 1 aromatic rings. The van der Waals surface area contributed by atoms with Crippen LogP contribution in [0.2, 0.25) is 0 Å². The maximum atomic E-state index is 11.8. The van der Waals surface area contributed by atoms with Crippen LogP contribution in [0, 0.1) is 6.92 Å². The van der Waals surface area contributed by atoms with Crippen LogP contribution in [0.4, 0.5) is 0 Å². The molecule has 0 amide bonds. The standard InChI is InChI=1S/C10H16BrNO3S2/c1-9-3-4-10(16-9)17(13,14)12-6-2-7-15-8-5-11/h3-4,12H,2,5-8H2,1H3. The summed E-state index contributed by atoms with van der Waals surface area (Å²) in [6.45, 7) is 3.51. The highest BCUT2D eigenvalue weighted by molar-refractivity contribution is 9.09. The second-order valence-corrected chi connectivity index (χ2v) is 7.49. The number of sulfonamides is 1. The van der Waals surface area contributed by atoms with Crippen LogP contribution < -0.4 is 4.72 Å². The average molecular weight is 342 g/mol. The summed E-state index contributed by atoms with van der Waals surface area (Å²) in [5.74, 6) is 0. The predicted molar refractivity (Wildman–Crippen MR) is 73.5 cm³/mol. The third-order valence-electron chi connectivity index (χ3n) is 1.96. The number of rotatable bonds is 8. The summed E-state index contributed by atoms with van der Waals surface area (Å²) in [4.78, 5) is 0.992. The van der Waals surface area contributed by atoms with Gasteiger partial charge in [-0.05, 0) is 25.5 Å². The molecule has 0 unspecified atom stereocenters. The molecule has 0 saturated heterocycles. The molecule has 0 aromatic carbocycles. The van der Waals surface area contributed by atoms with E-state index in [2.05, 4.69) is 20.7 Å². The summed E-state index contributed by atoms with van der Waals surface area (Å²) < 4.78 is 31.7. The lowest BCUT2D eigenvalue weighted by molar-refractivity contribution is 0.149. The average Bonchev–Trinajstić information content (AvgIpc) is 2.71. The summed E-state index contributed by atoms with van der Waals surface area (Å²) in [6.07, 6.45) is 0.677. The summed E-state index contributed by atoms with van der Waals surface area (Å²) in [7, 11) is -3.33. The number of aryl methyl sites for hydroxylation is 1. The highest BCUT2D eigenvalue weighted by Crippen LogP contribution is 2.19. The first-order valence-electron chi connectivity index (χ1n) is 5.26. The van der Waals surface area contributed by atoms with Gasteiger partial charge in [-0.25, -0.2) is 13.1 Å². The molecule has 0 spiro atoms. The largest absolute Gasteiger partial charge is 0.381 e. The number of nitrogens with one attached hydrogen (secondary N) is 1. The van der Waals surface area contributed by atoms with E-state index in [9.17, 15) is 8.42 Å². The maximum absolute atomic E-state index is 11.8. The lowest BCUT2D eigenvalue weighted by Crippen LogP contribution is -2.24. The number of ether oxygens (including phenoxy) is 1. The van der Waals surface area contributed by atoms with Crippen molar-refractivity contribution in [2.75, 3.05) is 25.1 Å². The summed E-state index contributed by atoms with van der Waals surface area (Å²) >= 11 is 4.53. The van der Waals surface area contributed by atoms with Crippen molar-refractivity contribution in [3.63, 3.8) is 0 Å². The van der Waals surface area contributed by atoms with Gasteiger partial charge in [0, 0.05) is 23.4 Å². The van der Waals surface area contributed by atoms with E-state index in [0.29, 0.717) is 30.4 Å². The molecule has 7 heteroatoms. The molecular weight excluding hydrogens is 326 g/mol. The number of hydrogen-bond donors (Lipinski definition) is 1. The Labute approximate surface area is 115 Å². The van der Waals surface area contributed by atoms with Crippen LogP contribution in [0.1, 0.15) is 11.3 Å². The van der Waals surface area contributed by atoms with Gasteiger partial charge in [-0.1, -0.05) is 15.9 Å². The van der Waals surface area contributed by atoms with Crippen molar-refractivity contribution in [3.8, 4) is 0 Å². The zero-order valence-corrected chi connectivity index (χ0v) is 12.8. The minimum absolute atomic E-state index is 0.372. The monoisotopic (exact) mass is 341 g/mol. The van der Waals surface area contributed by atoms with Gasteiger partial charge in [0.25, 0.3) is 0 Å². The third-order valence-corrected chi connectivity index (χ3v) is 5.24. The van der Waals surface area contributed by atoms with Crippen molar-refractivity contribution in [2.24, 2.45) is 0 Å². The Bertz CT molecular complexity index is 431. The molecule has 0 aliphatic carbocycles. The van der Waals surface area contributed by atoms with Gasteiger partial charge in [-0.3, -0.25) is 0 Å². The predicted octanol–water partition coefficient (Wildman–Crippen LogP) is 2.14. The van der Waals surface area contributed by atoms with E-state index in [1.165, 1.54) is 11.3 Å². The molecule has 4 nitrogen and oxygen atoms in total. The van der Waals surface area contributed by atoms with E-state index in [-0.39, 0.29) is 0 Å². The van der Waals surface area contributed by atoms with Crippen LogP contribution in [0.25, 0.3) is 0 Å². The zero-order valence-electron chi connectivity index (χ0n) is 9.61. The number of halogens is 1. The van der Waals surface area contributed by atoms with Gasteiger partial charge in [-0.15, -0.1) is 11.3 Å². The minimum atomic E-state index is -3.33. The second kappa shape index (κ2) is 7.48. The van der Waals surface area contributed by atoms with Gasteiger partial charge in [0.2, 0.25) is 10.0 Å². The Morgan fingerprint density at radius 2 is 2.18 bits per heavy atom. The van der Waals surface area contributed by atoms with E-state index in [0.717, 1.165) is 10.2 Å². The zero-order chi connectivity index (χ0) is 12.7. The smallest absolute Gasteiger partial charge is 0.250 e. The molecule has 0 aliphatic rings.